The van der Waals surface area contributed by atoms with Crippen LogP contribution in [0.25, 0.3) is 11.2 Å². The van der Waals surface area contributed by atoms with Gasteiger partial charge in [-0.3, -0.25) is 4.57 Å². The normalized spacial score (nSPS) is 25.1. The molecule has 3 heterocycles. The summed E-state index contributed by atoms with van der Waals surface area (Å²) in [6, 6.07) is 8.76. The Bertz CT molecular complexity index is 1190. The number of hydrogen-bond acceptors (Lipinski definition) is 9. The summed E-state index contributed by atoms with van der Waals surface area (Å²) in [6.45, 7) is 6.41. The first-order valence-corrected chi connectivity index (χ1v) is 12.6. The Balaban J connectivity index is 1.44. The largest absolute Gasteiger partial charge is 0.458 e. The van der Waals surface area contributed by atoms with E-state index in [1.807, 2.05) is 12.1 Å². The van der Waals surface area contributed by atoms with Crippen molar-refractivity contribution in [3.8, 4) is 6.01 Å². The van der Waals surface area contributed by atoms with Gasteiger partial charge < -0.3 is 30.1 Å². The fourth-order valence-corrected chi connectivity index (χ4v) is 4.87. The molecule has 0 radical (unpaired) electrons. The molecule has 2 fully saturated rings. The van der Waals surface area contributed by atoms with Gasteiger partial charge in [-0.1, -0.05) is 57.9 Å². The zero-order valence-corrected chi connectivity index (χ0v) is 21.0. The van der Waals surface area contributed by atoms with Crippen LogP contribution in [-0.2, 0) is 16.8 Å². The number of nitrogens with one attached hydrogen (secondary N) is 1. The predicted octanol–water partition coefficient (Wildman–Crippen LogP) is 2.67. The van der Waals surface area contributed by atoms with Crippen LogP contribution in [0.2, 0.25) is 0 Å². The summed E-state index contributed by atoms with van der Waals surface area (Å²) in [7, 11) is 0. The third-order valence-corrected chi connectivity index (χ3v) is 7.08. The third kappa shape index (κ3) is 4.90. The number of aliphatic hydroxyl groups is 3. The molecule has 2 aliphatic rings. The van der Waals surface area contributed by atoms with E-state index < -0.39 is 31.1 Å². The number of fused-ring (bicyclic) bond motifs is 1. The van der Waals surface area contributed by atoms with Crippen LogP contribution in [0, 0.1) is 0 Å². The lowest BCUT2D eigenvalue weighted by Gasteiger charge is -2.19. The quantitative estimate of drug-likeness (QED) is 0.388. The van der Waals surface area contributed by atoms with Crippen molar-refractivity contribution < 1.29 is 24.8 Å². The van der Waals surface area contributed by atoms with Gasteiger partial charge in [0.1, 0.15) is 24.9 Å². The van der Waals surface area contributed by atoms with Crippen molar-refractivity contribution in [2.24, 2.45) is 0 Å². The molecular weight excluding hydrogens is 462 g/mol. The fourth-order valence-electron chi connectivity index (χ4n) is 4.87. The van der Waals surface area contributed by atoms with Gasteiger partial charge in [0.25, 0.3) is 0 Å². The number of anilines is 1. The molecule has 1 aliphatic carbocycles. The van der Waals surface area contributed by atoms with Gasteiger partial charge >= 0.3 is 6.01 Å². The highest BCUT2D eigenvalue weighted by Gasteiger charge is 2.44. The molecule has 194 valence electrons. The second-order valence-corrected chi connectivity index (χ2v) is 10.8. The molecule has 4 atom stereocenters. The van der Waals surface area contributed by atoms with Crippen LogP contribution < -0.4 is 10.1 Å². The van der Waals surface area contributed by atoms with Crippen LogP contribution in [0.5, 0.6) is 6.01 Å². The van der Waals surface area contributed by atoms with Gasteiger partial charge in [0.15, 0.2) is 23.2 Å². The van der Waals surface area contributed by atoms with Gasteiger partial charge in [-0.2, -0.15) is 9.97 Å². The Kier molecular flexibility index (Phi) is 6.86. The Hall–Kier alpha value is -2.79. The lowest BCUT2D eigenvalue weighted by molar-refractivity contribution is -0.0511. The molecular formula is C26H35N5O5. The summed E-state index contributed by atoms with van der Waals surface area (Å²) in [6.07, 6.45) is 1.63. The Morgan fingerprint density at radius 1 is 1.08 bits per heavy atom. The smallest absolute Gasteiger partial charge is 0.320 e. The molecule has 2 aromatic heterocycles. The number of ether oxygens (including phenoxy) is 2. The maximum Gasteiger partial charge on any atom is 0.320 e. The van der Waals surface area contributed by atoms with E-state index in [0.29, 0.717) is 29.6 Å². The first-order valence-electron chi connectivity index (χ1n) is 12.6. The zero-order chi connectivity index (χ0) is 25.4. The molecule has 0 bridgehead atoms. The van der Waals surface area contributed by atoms with Crippen molar-refractivity contribution in [1.82, 2.24) is 19.5 Å². The Morgan fingerprint density at radius 3 is 2.44 bits per heavy atom. The molecule has 2 unspecified atom stereocenters. The first-order chi connectivity index (χ1) is 17.2. The van der Waals surface area contributed by atoms with Crippen molar-refractivity contribution in [3.05, 3.63) is 41.7 Å². The highest BCUT2D eigenvalue weighted by Crippen LogP contribution is 2.34. The van der Waals surface area contributed by atoms with Crippen LogP contribution >= 0.6 is 0 Å². The van der Waals surface area contributed by atoms with E-state index in [-0.39, 0.29) is 11.4 Å². The summed E-state index contributed by atoms with van der Waals surface area (Å²) in [5.74, 6) is 0.565. The molecule has 10 heteroatoms. The summed E-state index contributed by atoms with van der Waals surface area (Å²) >= 11 is 0. The molecule has 36 heavy (non-hydrogen) atoms. The summed E-state index contributed by atoms with van der Waals surface area (Å²) in [5, 5.41) is 33.8. The number of hydrogen-bond donors (Lipinski definition) is 4. The van der Waals surface area contributed by atoms with Crippen LogP contribution in [0.15, 0.2) is 30.6 Å². The van der Waals surface area contributed by atoms with Crippen molar-refractivity contribution >= 4 is 17.0 Å². The van der Waals surface area contributed by atoms with Crippen molar-refractivity contribution in [3.63, 3.8) is 0 Å². The van der Waals surface area contributed by atoms with Crippen LogP contribution in [0.4, 0.5) is 5.82 Å². The van der Waals surface area contributed by atoms with E-state index in [0.717, 1.165) is 31.2 Å². The fraction of sp³-hybridized carbons (Fsp3) is 0.577. The molecule has 1 aromatic carbocycles. The number of nitrogens with zero attached hydrogens (tertiary/aromatic N) is 4. The predicted molar refractivity (Wildman–Crippen MR) is 134 cm³/mol. The van der Waals surface area contributed by atoms with Crippen LogP contribution in [-0.4, -0.2) is 65.8 Å². The van der Waals surface area contributed by atoms with Crippen molar-refractivity contribution in [2.45, 2.75) is 89.1 Å². The minimum Gasteiger partial charge on any atom is -0.458 e. The molecule has 10 nitrogen and oxygen atoms in total. The molecule has 0 amide bonds. The standard InChI is InChI=1S/C26H35N5O5/c1-26(2,3)16-10-8-15(9-11-16)13-35-25-29-22(28-17-6-4-5-7-17)19-23(30-25)31(14-27-19)24-21(34)20(33)18(12-32)36-24/h8-11,14,17-18,20-21,24,32-34H,4-7,12-13H2,1-3H3,(H,28,29,30)/t18-,20?,21?,24-/m1/s1. The maximum atomic E-state index is 10.6. The van der Waals surface area contributed by atoms with Crippen LogP contribution in [0.3, 0.4) is 0 Å². The lowest BCUT2D eigenvalue weighted by Crippen LogP contribution is -2.33. The number of rotatable bonds is 7. The molecule has 5 rings (SSSR count). The van der Waals surface area contributed by atoms with Crippen molar-refractivity contribution in [1.29, 1.82) is 0 Å². The lowest BCUT2D eigenvalue weighted by atomic mass is 9.87. The summed E-state index contributed by atoms with van der Waals surface area (Å²) < 4.78 is 13.3. The number of benzene rings is 1. The zero-order valence-electron chi connectivity index (χ0n) is 21.0. The molecule has 1 aliphatic heterocycles. The Labute approximate surface area is 210 Å². The van der Waals surface area contributed by atoms with E-state index in [2.05, 4.69) is 53.2 Å². The van der Waals surface area contributed by atoms with Gasteiger partial charge in [0.2, 0.25) is 0 Å². The van der Waals surface area contributed by atoms with E-state index >= 15 is 0 Å². The van der Waals surface area contributed by atoms with Gasteiger partial charge in [-0.05, 0) is 29.4 Å². The minimum atomic E-state index is -1.24. The third-order valence-electron chi connectivity index (χ3n) is 7.08. The molecule has 4 N–H and O–H groups in total. The number of imidazole rings is 1. The average molecular weight is 498 g/mol. The highest BCUT2D eigenvalue weighted by atomic mass is 16.6. The minimum absolute atomic E-state index is 0.0717. The first kappa shape index (κ1) is 24.9. The molecule has 1 saturated heterocycles. The van der Waals surface area contributed by atoms with Gasteiger partial charge in [-0.15, -0.1) is 0 Å². The molecule has 1 saturated carbocycles. The van der Waals surface area contributed by atoms with E-state index in [1.165, 1.54) is 11.9 Å². The number of aliphatic hydroxyl groups excluding tert-OH is 3. The molecule has 3 aromatic rings. The summed E-state index contributed by atoms with van der Waals surface area (Å²) in [4.78, 5) is 13.7. The molecule has 0 spiro atoms. The van der Waals surface area contributed by atoms with E-state index in [1.54, 1.807) is 4.57 Å². The average Bonchev–Trinajstić information content (AvgIpc) is 3.58. The number of aromatic nitrogens is 4. The SMILES string of the molecule is CC(C)(C)c1ccc(COc2nc(NC3CCCC3)c3ncn([C@@H]4O[C@H](CO)C(O)C4O)c3n2)cc1. The van der Waals surface area contributed by atoms with Gasteiger partial charge in [0.05, 0.1) is 12.9 Å². The van der Waals surface area contributed by atoms with Crippen molar-refractivity contribution in [2.75, 3.05) is 11.9 Å². The van der Waals surface area contributed by atoms with Gasteiger partial charge in [0, 0.05) is 6.04 Å². The van der Waals surface area contributed by atoms with E-state index in [4.69, 9.17) is 9.47 Å². The topological polar surface area (TPSA) is 135 Å². The highest BCUT2D eigenvalue weighted by molar-refractivity contribution is 5.83. The maximum absolute atomic E-state index is 10.6. The Morgan fingerprint density at radius 2 is 1.81 bits per heavy atom. The summed E-state index contributed by atoms with van der Waals surface area (Å²) in [5.41, 5.74) is 3.26. The van der Waals surface area contributed by atoms with E-state index in [9.17, 15) is 15.3 Å². The van der Waals surface area contributed by atoms with Gasteiger partial charge in [-0.25, -0.2) is 4.98 Å². The van der Waals surface area contributed by atoms with Crippen LogP contribution in [0.1, 0.15) is 63.8 Å². The second-order valence-electron chi connectivity index (χ2n) is 10.8. The second kappa shape index (κ2) is 9.93. The monoisotopic (exact) mass is 497 g/mol.